The quantitative estimate of drug-likeness (QED) is 0.173. The van der Waals surface area contributed by atoms with Crippen molar-refractivity contribution in [2.24, 2.45) is 0 Å². The van der Waals surface area contributed by atoms with E-state index in [0.717, 1.165) is 66.2 Å². The highest BCUT2D eigenvalue weighted by atomic mass is 32.1. The first-order valence-corrected chi connectivity index (χ1v) is 18.0. The number of aromatic nitrogens is 6. The van der Waals surface area contributed by atoms with E-state index in [0.29, 0.717) is 17.5 Å². The third kappa shape index (κ3) is 4.53. The Balaban J connectivity index is 1.18. The van der Waals surface area contributed by atoms with Gasteiger partial charge in [-0.15, -0.1) is 11.3 Å². The van der Waals surface area contributed by atoms with Gasteiger partial charge in [0.1, 0.15) is 5.65 Å². The van der Waals surface area contributed by atoms with Crippen molar-refractivity contribution < 1.29 is 0 Å². The monoisotopic (exact) mass is 682 g/mol. The minimum Gasteiger partial charge on any atom is -0.299 e. The number of hydrogen-bond acceptors (Lipinski definition) is 6. The average Bonchev–Trinajstić information content (AvgIpc) is 3.80. The van der Waals surface area contributed by atoms with Gasteiger partial charge in [0.05, 0.1) is 16.7 Å². The van der Waals surface area contributed by atoms with Gasteiger partial charge in [0.25, 0.3) is 0 Å². The van der Waals surface area contributed by atoms with Gasteiger partial charge in [0.2, 0.25) is 0 Å². The van der Waals surface area contributed by atoms with E-state index < -0.39 is 0 Å². The van der Waals surface area contributed by atoms with Crippen molar-refractivity contribution >= 4 is 69.7 Å². The van der Waals surface area contributed by atoms with Crippen molar-refractivity contribution in [2.45, 2.75) is 0 Å². The van der Waals surface area contributed by atoms with Gasteiger partial charge in [0.15, 0.2) is 17.5 Å². The van der Waals surface area contributed by atoms with Gasteiger partial charge in [0, 0.05) is 65.6 Å². The SMILES string of the molecule is c1ccc(-c2nc(-c3ccc4sc5ccccc5c4c3)nc(-c3ccc4c(c3)c3cc(-c5ccccn5)ccc3c3nc5ccccn5c43)n2)cc1. The van der Waals surface area contributed by atoms with Crippen LogP contribution in [0.5, 0.6) is 0 Å². The van der Waals surface area contributed by atoms with E-state index >= 15 is 0 Å². The summed E-state index contributed by atoms with van der Waals surface area (Å²) in [5, 5.41) is 6.84. The Kier molecular flexibility index (Phi) is 6.32. The van der Waals surface area contributed by atoms with Crippen LogP contribution in [0.4, 0.5) is 0 Å². The van der Waals surface area contributed by atoms with Crippen molar-refractivity contribution in [1.82, 2.24) is 29.3 Å². The smallest absolute Gasteiger partial charge is 0.164 e. The van der Waals surface area contributed by atoms with Crippen molar-refractivity contribution in [3.63, 3.8) is 0 Å². The van der Waals surface area contributed by atoms with Crippen LogP contribution in [0.15, 0.2) is 158 Å². The summed E-state index contributed by atoms with van der Waals surface area (Å²) < 4.78 is 4.70. The van der Waals surface area contributed by atoms with Gasteiger partial charge in [-0.1, -0.05) is 84.9 Å². The predicted molar refractivity (Wildman–Crippen MR) is 214 cm³/mol. The Morgan fingerprint density at radius 1 is 0.423 bits per heavy atom. The summed E-state index contributed by atoms with van der Waals surface area (Å²) >= 11 is 1.81. The minimum absolute atomic E-state index is 0.619. The molecule has 0 fully saturated rings. The van der Waals surface area contributed by atoms with Crippen LogP contribution < -0.4 is 0 Å². The largest absolute Gasteiger partial charge is 0.299 e. The highest BCUT2D eigenvalue weighted by Crippen LogP contribution is 2.40. The van der Waals surface area contributed by atoms with Gasteiger partial charge in [-0.05, 0) is 71.4 Å². The van der Waals surface area contributed by atoms with Crippen molar-refractivity contribution in [3.05, 3.63) is 158 Å². The molecule has 5 aromatic heterocycles. The molecule has 0 aliphatic heterocycles. The maximum Gasteiger partial charge on any atom is 0.164 e. The Morgan fingerprint density at radius 3 is 1.92 bits per heavy atom. The third-order valence-corrected chi connectivity index (χ3v) is 11.0. The summed E-state index contributed by atoms with van der Waals surface area (Å²) in [6, 6.07) is 50.5. The van der Waals surface area contributed by atoms with Crippen LogP contribution in [0, 0.1) is 0 Å². The fourth-order valence-electron chi connectivity index (χ4n) is 7.44. The van der Waals surface area contributed by atoms with Crippen LogP contribution in [-0.4, -0.2) is 29.3 Å². The fourth-order valence-corrected chi connectivity index (χ4v) is 8.52. The number of thiophene rings is 1. The summed E-state index contributed by atoms with van der Waals surface area (Å²) in [6.45, 7) is 0. The lowest BCUT2D eigenvalue weighted by atomic mass is 9.95. The molecule has 0 aliphatic carbocycles. The molecule has 6 nitrogen and oxygen atoms in total. The Hall–Kier alpha value is -6.83. The molecule has 242 valence electrons. The van der Waals surface area contributed by atoms with Gasteiger partial charge < -0.3 is 0 Å². The van der Waals surface area contributed by atoms with Gasteiger partial charge in [-0.25, -0.2) is 19.9 Å². The standard InChI is InChI=1S/C45H26N6S/c1-2-10-27(11-3-1)43-48-44(50-45(49-43)30-18-21-39-36(26-30)31-12-4-5-14-38(31)52-39)29-17-20-33-35(25-29)34-24-28(37-13-6-8-22-46-37)16-19-32(34)41-42(33)51-23-9-7-15-40(51)47-41/h1-26H. The second kappa shape index (κ2) is 11.3. The Morgan fingerprint density at radius 2 is 1.08 bits per heavy atom. The maximum atomic E-state index is 5.18. The second-order valence-corrected chi connectivity index (χ2v) is 14.0. The molecule has 0 saturated carbocycles. The lowest BCUT2D eigenvalue weighted by molar-refractivity contribution is 1.08. The summed E-state index contributed by atoms with van der Waals surface area (Å²) in [7, 11) is 0. The average molecular weight is 683 g/mol. The molecular formula is C45H26N6S. The van der Waals surface area contributed by atoms with Crippen LogP contribution in [0.3, 0.4) is 0 Å². The number of rotatable bonds is 4. The molecule has 0 radical (unpaired) electrons. The van der Waals surface area contributed by atoms with Crippen molar-refractivity contribution in [3.8, 4) is 45.4 Å². The summed E-state index contributed by atoms with van der Waals surface area (Å²) in [5.74, 6) is 1.89. The number of nitrogens with zero attached hydrogens (tertiary/aromatic N) is 6. The minimum atomic E-state index is 0.619. The van der Waals surface area contributed by atoms with Crippen LogP contribution in [0.1, 0.15) is 0 Å². The second-order valence-electron chi connectivity index (χ2n) is 13.0. The molecule has 0 unspecified atom stereocenters. The van der Waals surface area contributed by atoms with E-state index in [1.165, 1.54) is 20.2 Å². The highest BCUT2D eigenvalue weighted by Gasteiger charge is 2.19. The molecule has 5 heterocycles. The molecule has 11 aromatic rings. The first kappa shape index (κ1) is 29.0. The third-order valence-electron chi connectivity index (χ3n) is 9.89. The molecular weight excluding hydrogens is 657 g/mol. The molecule has 0 amide bonds. The van der Waals surface area contributed by atoms with Gasteiger partial charge in [-0.3, -0.25) is 9.38 Å². The van der Waals surface area contributed by atoms with Gasteiger partial charge in [-0.2, -0.15) is 0 Å². The lowest BCUT2D eigenvalue weighted by Crippen LogP contribution is -2.00. The van der Waals surface area contributed by atoms with E-state index in [2.05, 4.69) is 107 Å². The molecule has 0 spiro atoms. The Labute approximate surface area is 301 Å². The first-order chi connectivity index (χ1) is 25.7. The number of benzene rings is 6. The first-order valence-electron chi connectivity index (χ1n) is 17.2. The highest BCUT2D eigenvalue weighted by molar-refractivity contribution is 7.25. The molecule has 7 heteroatoms. The molecule has 0 aliphatic rings. The van der Waals surface area contributed by atoms with E-state index in [4.69, 9.17) is 19.9 Å². The molecule has 0 atom stereocenters. The number of pyridine rings is 2. The molecule has 0 bridgehead atoms. The maximum absolute atomic E-state index is 5.18. The zero-order valence-electron chi connectivity index (χ0n) is 27.6. The Bertz CT molecular complexity index is 3190. The zero-order valence-corrected chi connectivity index (χ0v) is 28.4. The molecule has 0 saturated heterocycles. The van der Waals surface area contributed by atoms with Crippen molar-refractivity contribution in [1.29, 1.82) is 0 Å². The van der Waals surface area contributed by atoms with E-state index in [-0.39, 0.29) is 0 Å². The lowest BCUT2D eigenvalue weighted by Gasteiger charge is -2.12. The summed E-state index contributed by atoms with van der Waals surface area (Å²) in [6.07, 6.45) is 3.92. The topological polar surface area (TPSA) is 68.9 Å². The van der Waals surface area contributed by atoms with Crippen LogP contribution in [0.2, 0.25) is 0 Å². The van der Waals surface area contributed by atoms with Crippen LogP contribution in [0.25, 0.3) is 104 Å². The van der Waals surface area contributed by atoms with E-state index in [9.17, 15) is 0 Å². The zero-order chi connectivity index (χ0) is 34.2. The number of imidazole rings is 1. The normalized spacial score (nSPS) is 11.8. The molecule has 11 rings (SSSR count). The molecule has 6 aromatic carbocycles. The van der Waals surface area contributed by atoms with Crippen molar-refractivity contribution in [2.75, 3.05) is 0 Å². The van der Waals surface area contributed by atoms with E-state index in [1.54, 1.807) is 11.3 Å². The van der Waals surface area contributed by atoms with Gasteiger partial charge >= 0.3 is 0 Å². The number of fused-ring (bicyclic) bond motifs is 11. The molecule has 0 N–H and O–H groups in total. The number of hydrogen-bond donors (Lipinski definition) is 0. The van der Waals surface area contributed by atoms with E-state index in [1.807, 2.05) is 60.8 Å². The molecule has 52 heavy (non-hydrogen) atoms. The summed E-state index contributed by atoms with van der Waals surface area (Å²) in [4.78, 5) is 25.1. The fraction of sp³-hybridized carbons (Fsp3) is 0. The van der Waals surface area contributed by atoms with Crippen LogP contribution in [-0.2, 0) is 0 Å². The van der Waals surface area contributed by atoms with Crippen LogP contribution >= 0.6 is 11.3 Å². The summed E-state index contributed by atoms with van der Waals surface area (Å²) in [5.41, 5.74) is 7.74. The predicted octanol–water partition coefficient (Wildman–Crippen LogP) is 11.4.